The van der Waals surface area contributed by atoms with Gasteiger partial charge in [0.05, 0.1) is 0 Å². The van der Waals surface area contributed by atoms with Gasteiger partial charge in [-0.2, -0.15) is 11.8 Å². The van der Waals surface area contributed by atoms with Crippen LogP contribution in [0.4, 0.5) is 5.69 Å². The molecule has 14 heavy (non-hydrogen) atoms. The maximum absolute atomic E-state index is 3.47. The Morgan fingerprint density at radius 3 is 3.07 bits per heavy atom. The van der Waals surface area contributed by atoms with E-state index in [1.165, 1.54) is 29.7 Å². The summed E-state index contributed by atoms with van der Waals surface area (Å²) in [5.74, 6) is 0. The van der Waals surface area contributed by atoms with Crippen molar-refractivity contribution in [1.29, 1.82) is 0 Å². The summed E-state index contributed by atoms with van der Waals surface area (Å²) in [5, 5.41) is 4.07. The van der Waals surface area contributed by atoms with Crippen molar-refractivity contribution >= 4 is 17.4 Å². The molecule has 1 nitrogen and oxygen atoms in total. The van der Waals surface area contributed by atoms with Gasteiger partial charge in [-0.1, -0.05) is 12.1 Å². The third kappa shape index (κ3) is 1.90. The van der Waals surface area contributed by atoms with E-state index in [4.69, 9.17) is 0 Å². The molecule has 0 saturated carbocycles. The van der Waals surface area contributed by atoms with Crippen LogP contribution in [0.25, 0.3) is 0 Å². The van der Waals surface area contributed by atoms with E-state index in [9.17, 15) is 0 Å². The lowest BCUT2D eigenvalue weighted by Gasteiger charge is -2.20. The summed E-state index contributed by atoms with van der Waals surface area (Å²) in [6, 6.07) is 6.87. The minimum atomic E-state index is 0.601. The van der Waals surface area contributed by atoms with E-state index >= 15 is 0 Å². The highest BCUT2D eigenvalue weighted by atomic mass is 32.2. The zero-order valence-electron chi connectivity index (χ0n) is 8.84. The van der Waals surface area contributed by atoms with Gasteiger partial charge < -0.3 is 5.32 Å². The second kappa shape index (κ2) is 4.26. The van der Waals surface area contributed by atoms with Crippen molar-refractivity contribution in [2.45, 2.75) is 25.0 Å². The summed E-state index contributed by atoms with van der Waals surface area (Å²) in [4.78, 5) is 0. The van der Waals surface area contributed by atoms with Crippen molar-refractivity contribution in [1.82, 2.24) is 0 Å². The van der Waals surface area contributed by atoms with Crippen molar-refractivity contribution in [2.24, 2.45) is 0 Å². The second-order valence-corrected chi connectivity index (χ2v) is 5.00. The summed E-state index contributed by atoms with van der Waals surface area (Å²) < 4.78 is 0. The lowest BCUT2D eigenvalue weighted by atomic mass is 10.0. The SMILES string of the molecule is CSC(C)c1ccc2c(c1)NCCC2. The predicted octanol–water partition coefficient (Wildman–Crippen LogP) is 3.47. The largest absolute Gasteiger partial charge is 0.385 e. The van der Waals surface area contributed by atoms with Crippen LogP contribution in [0.1, 0.15) is 29.7 Å². The first-order chi connectivity index (χ1) is 6.81. The van der Waals surface area contributed by atoms with Gasteiger partial charge in [0.2, 0.25) is 0 Å². The van der Waals surface area contributed by atoms with Gasteiger partial charge in [-0.3, -0.25) is 0 Å². The highest BCUT2D eigenvalue weighted by molar-refractivity contribution is 7.98. The molecule has 1 aromatic carbocycles. The molecule has 0 fully saturated rings. The smallest absolute Gasteiger partial charge is 0.0375 e. The first kappa shape index (κ1) is 9.91. The number of thioether (sulfide) groups is 1. The molecule has 1 heterocycles. The predicted molar refractivity (Wildman–Crippen MR) is 65.2 cm³/mol. The average molecular weight is 207 g/mol. The van der Waals surface area contributed by atoms with E-state index in [2.05, 4.69) is 36.7 Å². The first-order valence-electron chi connectivity index (χ1n) is 5.21. The third-order valence-corrected chi connectivity index (χ3v) is 3.87. The molecule has 1 aliphatic rings. The number of rotatable bonds is 2. The van der Waals surface area contributed by atoms with Crippen molar-refractivity contribution in [3.63, 3.8) is 0 Å². The minimum absolute atomic E-state index is 0.601. The number of nitrogens with one attached hydrogen (secondary N) is 1. The summed E-state index contributed by atoms with van der Waals surface area (Å²) in [5.41, 5.74) is 4.27. The minimum Gasteiger partial charge on any atom is -0.385 e. The van der Waals surface area contributed by atoms with Crippen LogP contribution in [-0.4, -0.2) is 12.8 Å². The van der Waals surface area contributed by atoms with E-state index in [0.29, 0.717) is 5.25 Å². The van der Waals surface area contributed by atoms with Crippen LogP contribution in [0, 0.1) is 0 Å². The Morgan fingerprint density at radius 2 is 2.29 bits per heavy atom. The van der Waals surface area contributed by atoms with Gasteiger partial charge in [0.15, 0.2) is 0 Å². The summed E-state index contributed by atoms with van der Waals surface area (Å²) in [6.07, 6.45) is 4.66. The van der Waals surface area contributed by atoms with Gasteiger partial charge in [0.1, 0.15) is 0 Å². The Hall–Kier alpha value is -0.630. The monoisotopic (exact) mass is 207 g/mol. The molecule has 0 aliphatic carbocycles. The zero-order valence-corrected chi connectivity index (χ0v) is 9.66. The van der Waals surface area contributed by atoms with E-state index in [-0.39, 0.29) is 0 Å². The fourth-order valence-electron chi connectivity index (χ4n) is 1.87. The second-order valence-electron chi connectivity index (χ2n) is 3.82. The Morgan fingerprint density at radius 1 is 1.43 bits per heavy atom. The lowest BCUT2D eigenvalue weighted by Crippen LogP contribution is -2.11. The van der Waals surface area contributed by atoms with Crippen LogP contribution in [0.15, 0.2) is 18.2 Å². The third-order valence-electron chi connectivity index (χ3n) is 2.90. The standard InChI is InChI=1S/C12H17NS/c1-9(14-2)11-6-5-10-4-3-7-13-12(10)8-11/h5-6,8-9,13H,3-4,7H2,1-2H3. The molecule has 0 bridgehead atoms. The van der Waals surface area contributed by atoms with Gasteiger partial charge >= 0.3 is 0 Å². The molecule has 1 atom stereocenters. The molecule has 1 N–H and O–H groups in total. The first-order valence-corrected chi connectivity index (χ1v) is 6.49. The lowest BCUT2D eigenvalue weighted by molar-refractivity contribution is 0.828. The van der Waals surface area contributed by atoms with Crippen LogP contribution in [0.5, 0.6) is 0 Å². The summed E-state index contributed by atoms with van der Waals surface area (Å²) in [7, 11) is 0. The Labute approximate surface area is 90.3 Å². The van der Waals surface area contributed by atoms with Crippen LogP contribution >= 0.6 is 11.8 Å². The molecule has 2 heteroatoms. The average Bonchev–Trinajstić information content (AvgIpc) is 2.27. The number of hydrogen-bond acceptors (Lipinski definition) is 2. The summed E-state index contributed by atoms with van der Waals surface area (Å²) >= 11 is 1.90. The molecule has 2 rings (SSSR count). The highest BCUT2D eigenvalue weighted by Gasteiger charge is 2.10. The van der Waals surface area contributed by atoms with Crippen molar-refractivity contribution < 1.29 is 0 Å². The molecule has 0 radical (unpaired) electrons. The van der Waals surface area contributed by atoms with Crippen LogP contribution in [0.2, 0.25) is 0 Å². The van der Waals surface area contributed by atoms with Crippen molar-refractivity contribution in [2.75, 3.05) is 18.1 Å². The number of hydrogen-bond donors (Lipinski definition) is 1. The molecular formula is C12H17NS. The molecule has 0 spiro atoms. The van der Waals surface area contributed by atoms with Gasteiger partial charge in [-0.15, -0.1) is 0 Å². The van der Waals surface area contributed by atoms with E-state index in [1.54, 1.807) is 0 Å². The van der Waals surface area contributed by atoms with Gasteiger partial charge in [0.25, 0.3) is 0 Å². The molecule has 76 valence electrons. The van der Waals surface area contributed by atoms with E-state index in [1.807, 2.05) is 11.8 Å². The summed E-state index contributed by atoms with van der Waals surface area (Å²) in [6.45, 7) is 3.39. The normalized spacial score (nSPS) is 17.0. The quantitative estimate of drug-likeness (QED) is 0.797. The zero-order chi connectivity index (χ0) is 9.97. The van der Waals surface area contributed by atoms with Gasteiger partial charge in [-0.25, -0.2) is 0 Å². The number of fused-ring (bicyclic) bond motifs is 1. The number of anilines is 1. The van der Waals surface area contributed by atoms with E-state index < -0.39 is 0 Å². The van der Waals surface area contributed by atoms with Crippen LogP contribution in [-0.2, 0) is 6.42 Å². The Balaban J connectivity index is 2.29. The van der Waals surface area contributed by atoms with Crippen LogP contribution < -0.4 is 5.32 Å². The Kier molecular flexibility index (Phi) is 3.02. The maximum atomic E-state index is 3.47. The molecular weight excluding hydrogens is 190 g/mol. The van der Waals surface area contributed by atoms with Crippen LogP contribution in [0.3, 0.4) is 0 Å². The van der Waals surface area contributed by atoms with E-state index in [0.717, 1.165) is 6.54 Å². The fourth-order valence-corrected chi connectivity index (χ4v) is 2.29. The number of aryl methyl sites for hydroxylation is 1. The molecule has 0 aromatic heterocycles. The Bertz CT molecular complexity index is 322. The maximum Gasteiger partial charge on any atom is 0.0375 e. The highest BCUT2D eigenvalue weighted by Crippen LogP contribution is 2.30. The topological polar surface area (TPSA) is 12.0 Å². The van der Waals surface area contributed by atoms with Crippen molar-refractivity contribution in [3.8, 4) is 0 Å². The fraction of sp³-hybridized carbons (Fsp3) is 0.500. The molecule has 1 aromatic rings. The van der Waals surface area contributed by atoms with Crippen molar-refractivity contribution in [3.05, 3.63) is 29.3 Å². The molecule has 0 amide bonds. The molecule has 1 unspecified atom stereocenters. The molecule has 0 saturated heterocycles. The number of benzene rings is 1. The van der Waals surface area contributed by atoms with Gasteiger partial charge in [0, 0.05) is 17.5 Å². The van der Waals surface area contributed by atoms with Gasteiger partial charge in [-0.05, 0) is 43.2 Å². The molecule has 1 aliphatic heterocycles.